The van der Waals surface area contributed by atoms with E-state index < -0.39 is 21.7 Å². The molecule has 7 nitrogen and oxygen atoms in total. The van der Waals surface area contributed by atoms with Crippen molar-refractivity contribution in [2.75, 3.05) is 29.6 Å². The molecule has 140 valence electrons. The number of hydrogen-bond donors (Lipinski definition) is 0. The lowest BCUT2D eigenvalue weighted by Gasteiger charge is -2.28. The van der Waals surface area contributed by atoms with Gasteiger partial charge in [-0.25, -0.2) is 13.4 Å². The van der Waals surface area contributed by atoms with Gasteiger partial charge in [0.15, 0.2) is 0 Å². The fourth-order valence-electron chi connectivity index (χ4n) is 3.00. The Bertz CT molecular complexity index is 908. The van der Waals surface area contributed by atoms with Gasteiger partial charge in [0.05, 0.1) is 33.8 Å². The molecule has 1 fully saturated rings. The number of carbonyl (C=O) groups excluding carboxylic acids is 2. The van der Waals surface area contributed by atoms with Crippen LogP contribution in [0.2, 0.25) is 0 Å². The van der Waals surface area contributed by atoms with Crippen molar-refractivity contribution in [3.63, 3.8) is 0 Å². The molecule has 1 amide bonds. The lowest BCUT2D eigenvalue weighted by atomic mass is 10.0. The minimum atomic E-state index is -3.06. The highest BCUT2D eigenvalue weighted by molar-refractivity contribution is 7.91. The molecule has 0 unspecified atom stereocenters. The Hall–Kier alpha value is -2.00. The highest BCUT2D eigenvalue weighted by Gasteiger charge is 2.33. The third-order valence-electron chi connectivity index (χ3n) is 4.39. The Labute approximate surface area is 155 Å². The number of anilines is 1. The van der Waals surface area contributed by atoms with Gasteiger partial charge in [-0.05, 0) is 38.0 Å². The van der Waals surface area contributed by atoms with Gasteiger partial charge in [0, 0.05) is 11.6 Å². The van der Waals surface area contributed by atoms with Crippen molar-refractivity contribution in [3.05, 3.63) is 23.7 Å². The molecule has 0 atom stereocenters. The third kappa shape index (κ3) is 4.21. The summed E-state index contributed by atoms with van der Waals surface area (Å²) in [5.41, 5.74) is 3.14. The smallest absolute Gasteiger partial charge is 0.326 e. The average Bonchev–Trinajstić information content (AvgIpc) is 3.07. The predicted molar refractivity (Wildman–Crippen MR) is 100.0 cm³/mol. The predicted octanol–water partition coefficient (Wildman–Crippen LogP) is 2.02. The van der Waals surface area contributed by atoms with Crippen LogP contribution in [0.3, 0.4) is 0 Å². The molecule has 9 heteroatoms. The van der Waals surface area contributed by atoms with Gasteiger partial charge in [-0.15, -0.1) is 11.3 Å². The maximum atomic E-state index is 13.0. The first-order valence-electron chi connectivity index (χ1n) is 8.40. The van der Waals surface area contributed by atoms with Crippen molar-refractivity contribution < 1.29 is 22.7 Å². The summed E-state index contributed by atoms with van der Waals surface area (Å²) in [5, 5.41) is 0. The van der Waals surface area contributed by atoms with Crippen LogP contribution in [-0.2, 0) is 24.2 Å². The molecule has 0 saturated carbocycles. The maximum Gasteiger partial charge on any atom is 0.326 e. The molecule has 1 aromatic carbocycles. The van der Waals surface area contributed by atoms with E-state index in [4.69, 9.17) is 4.74 Å². The molecule has 0 aliphatic carbocycles. The number of amides is 1. The highest BCUT2D eigenvalue weighted by Crippen LogP contribution is 2.28. The minimum absolute atomic E-state index is 0.00450. The number of sulfone groups is 1. The standard InChI is InChI=1S/C17H20N2O5S2/c1-2-24-16(20)10-19(13-3-4-14-15(9-13)25-11-18-14)17(21)12-5-7-26(22,23)8-6-12/h3-4,9,11-12H,2,5-8,10H2,1H3. The maximum absolute atomic E-state index is 13.0. The number of rotatable bonds is 5. The molecular formula is C17H20N2O5S2. The molecular weight excluding hydrogens is 376 g/mol. The van der Waals surface area contributed by atoms with E-state index in [1.807, 2.05) is 6.07 Å². The first-order valence-corrected chi connectivity index (χ1v) is 11.1. The Morgan fingerprint density at radius 2 is 2.04 bits per heavy atom. The zero-order valence-corrected chi connectivity index (χ0v) is 16.0. The van der Waals surface area contributed by atoms with Crippen molar-refractivity contribution in [1.29, 1.82) is 0 Å². The lowest BCUT2D eigenvalue weighted by Crippen LogP contribution is -2.42. The van der Waals surface area contributed by atoms with Gasteiger partial charge in [0.1, 0.15) is 16.4 Å². The summed E-state index contributed by atoms with van der Waals surface area (Å²) >= 11 is 1.45. The van der Waals surface area contributed by atoms with E-state index >= 15 is 0 Å². The fourth-order valence-corrected chi connectivity index (χ4v) is 5.20. The number of benzene rings is 1. The molecule has 26 heavy (non-hydrogen) atoms. The second-order valence-electron chi connectivity index (χ2n) is 6.16. The van der Waals surface area contributed by atoms with E-state index in [9.17, 15) is 18.0 Å². The van der Waals surface area contributed by atoms with Gasteiger partial charge in [0.2, 0.25) is 5.91 Å². The van der Waals surface area contributed by atoms with Crippen LogP contribution in [0, 0.1) is 5.92 Å². The van der Waals surface area contributed by atoms with Crippen LogP contribution in [0.25, 0.3) is 10.2 Å². The Kier molecular flexibility index (Phi) is 5.57. The molecule has 0 bridgehead atoms. The topological polar surface area (TPSA) is 93.6 Å². The number of carbonyl (C=O) groups is 2. The molecule has 1 saturated heterocycles. The lowest BCUT2D eigenvalue weighted by molar-refractivity contribution is -0.142. The van der Waals surface area contributed by atoms with E-state index in [1.54, 1.807) is 24.6 Å². The third-order valence-corrected chi connectivity index (χ3v) is 6.90. The summed E-state index contributed by atoms with van der Waals surface area (Å²) < 4.78 is 29.2. The molecule has 0 radical (unpaired) electrons. The largest absolute Gasteiger partial charge is 0.465 e. The second-order valence-corrected chi connectivity index (χ2v) is 9.35. The number of esters is 1. The van der Waals surface area contributed by atoms with E-state index in [0.29, 0.717) is 5.69 Å². The number of ether oxygens (including phenoxy) is 1. The zero-order valence-electron chi connectivity index (χ0n) is 14.4. The van der Waals surface area contributed by atoms with Crippen LogP contribution >= 0.6 is 11.3 Å². The van der Waals surface area contributed by atoms with Gasteiger partial charge in [-0.2, -0.15) is 0 Å². The van der Waals surface area contributed by atoms with Crippen LogP contribution in [-0.4, -0.2) is 49.9 Å². The molecule has 2 aromatic rings. The number of nitrogens with zero attached hydrogens (tertiary/aromatic N) is 2. The van der Waals surface area contributed by atoms with Gasteiger partial charge in [-0.1, -0.05) is 0 Å². The van der Waals surface area contributed by atoms with E-state index in [-0.39, 0.29) is 43.4 Å². The van der Waals surface area contributed by atoms with Crippen molar-refractivity contribution in [3.8, 4) is 0 Å². The Morgan fingerprint density at radius 1 is 1.31 bits per heavy atom. The first kappa shape index (κ1) is 18.8. The van der Waals surface area contributed by atoms with E-state index in [2.05, 4.69) is 4.98 Å². The molecule has 0 N–H and O–H groups in total. The monoisotopic (exact) mass is 396 g/mol. The molecule has 1 aliphatic rings. The molecule has 3 rings (SSSR count). The molecule has 1 aliphatic heterocycles. The van der Waals surface area contributed by atoms with Gasteiger partial charge >= 0.3 is 5.97 Å². The van der Waals surface area contributed by atoms with E-state index in [1.165, 1.54) is 16.2 Å². The number of aromatic nitrogens is 1. The van der Waals surface area contributed by atoms with Crippen LogP contribution in [0.4, 0.5) is 5.69 Å². The first-order chi connectivity index (χ1) is 12.4. The van der Waals surface area contributed by atoms with Crippen molar-refractivity contribution in [2.45, 2.75) is 19.8 Å². The van der Waals surface area contributed by atoms with Crippen LogP contribution < -0.4 is 4.90 Å². The highest BCUT2D eigenvalue weighted by atomic mass is 32.2. The van der Waals surface area contributed by atoms with Crippen molar-refractivity contribution in [1.82, 2.24) is 4.98 Å². The quantitative estimate of drug-likeness (QED) is 0.718. The van der Waals surface area contributed by atoms with Crippen LogP contribution in [0.1, 0.15) is 19.8 Å². The van der Waals surface area contributed by atoms with Crippen LogP contribution in [0.15, 0.2) is 23.7 Å². The summed E-state index contributed by atoms with van der Waals surface area (Å²) in [5.74, 6) is -1.13. The van der Waals surface area contributed by atoms with Crippen LogP contribution in [0.5, 0.6) is 0 Å². The summed E-state index contributed by atoms with van der Waals surface area (Å²) in [7, 11) is -3.06. The molecule has 2 heterocycles. The SMILES string of the molecule is CCOC(=O)CN(C(=O)C1CCS(=O)(=O)CC1)c1ccc2ncsc2c1. The number of hydrogen-bond acceptors (Lipinski definition) is 7. The van der Waals surface area contributed by atoms with Crippen molar-refractivity contribution in [2.24, 2.45) is 5.92 Å². The van der Waals surface area contributed by atoms with Crippen molar-refractivity contribution >= 4 is 49.0 Å². The Balaban J connectivity index is 1.87. The number of thiazole rings is 1. The average molecular weight is 396 g/mol. The molecule has 0 spiro atoms. The summed E-state index contributed by atoms with van der Waals surface area (Å²) in [4.78, 5) is 30.7. The van der Waals surface area contributed by atoms with Gasteiger partial charge in [0.25, 0.3) is 0 Å². The summed E-state index contributed by atoms with van der Waals surface area (Å²) in [6.07, 6.45) is 0.562. The minimum Gasteiger partial charge on any atom is -0.465 e. The zero-order chi connectivity index (χ0) is 18.7. The fraction of sp³-hybridized carbons (Fsp3) is 0.471. The van der Waals surface area contributed by atoms with E-state index in [0.717, 1.165) is 10.2 Å². The Morgan fingerprint density at radius 3 is 2.73 bits per heavy atom. The normalized spacial score (nSPS) is 17.1. The van der Waals surface area contributed by atoms with Gasteiger partial charge < -0.3 is 9.64 Å². The summed E-state index contributed by atoms with van der Waals surface area (Å²) in [6.45, 7) is 1.75. The van der Waals surface area contributed by atoms with Gasteiger partial charge in [-0.3, -0.25) is 9.59 Å². The number of fused-ring (bicyclic) bond motifs is 1. The summed E-state index contributed by atoms with van der Waals surface area (Å²) in [6, 6.07) is 5.38. The second kappa shape index (κ2) is 7.71. The molecule has 1 aromatic heterocycles.